The standard InChI is InChI=1S/C9H11N3O/c1-7(8-3-5-13-6-8)12-9(10)2-4-11-12/h2-7H,10H2,1H3. The maximum absolute atomic E-state index is 5.72. The Labute approximate surface area is 76.0 Å². The van der Waals surface area contributed by atoms with Gasteiger partial charge in [-0.05, 0) is 19.1 Å². The fourth-order valence-electron chi connectivity index (χ4n) is 1.30. The minimum atomic E-state index is 0.119. The minimum Gasteiger partial charge on any atom is -0.472 e. The van der Waals surface area contributed by atoms with E-state index in [-0.39, 0.29) is 6.04 Å². The Hall–Kier alpha value is -1.71. The summed E-state index contributed by atoms with van der Waals surface area (Å²) in [7, 11) is 0. The molecular weight excluding hydrogens is 166 g/mol. The predicted octanol–water partition coefficient (Wildman–Crippen LogP) is 1.67. The molecule has 0 aromatic carbocycles. The van der Waals surface area contributed by atoms with Crippen LogP contribution < -0.4 is 5.73 Å². The lowest BCUT2D eigenvalue weighted by atomic mass is 10.2. The van der Waals surface area contributed by atoms with Crippen LogP contribution in [0.3, 0.4) is 0 Å². The highest BCUT2D eigenvalue weighted by molar-refractivity contribution is 5.29. The van der Waals surface area contributed by atoms with Crippen LogP contribution in [0.15, 0.2) is 35.3 Å². The molecule has 13 heavy (non-hydrogen) atoms. The van der Waals surface area contributed by atoms with Crippen LogP contribution in [0.1, 0.15) is 18.5 Å². The zero-order valence-electron chi connectivity index (χ0n) is 7.34. The van der Waals surface area contributed by atoms with Crippen molar-refractivity contribution in [1.29, 1.82) is 0 Å². The molecule has 2 aromatic rings. The third-order valence-electron chi connectivity index (χ3n) is 2.09. The summed E-state index contributed by atoms with van der Waals surface area (Å²) >= 11 is 0. The van der Waals surface area contributed by atoms with E-state index in [1.165, 1.54) is 0 Å². The van der Waals surface area contributed by atoms with Gasteiger partial charge in [0.15, 0.2) is 0 Å². The molecule has 0 aliphatic heterocycles. The van der Waals surface area contributed by atoms with E-state index in [0.717, 1.165) is 5.56 Å². The Balaban J connectivity index is 2.33. The fourth-order valence-corrected chi connectivity index (χ4v) is 1.30. The van der Waals surface area contributed by atoms with Crippen LogP contribution >= 0.6 is 0 Å². The summed E-state index contributed by atoms with van der Waals surface area (Å²) in [5.74, 6) is 0.661. The first-order valence-electron chi connectivity index (χ1n) is 4.10. The topological polar surface area (TPSA) is 57.0 Å². The van der Waals surface area contributed by atoms with Crippen molar-refractivity contribution >= 4 is 5.82 Å². The minimum absolute atomic E-state index is 0.119. The highest BCUT2D eigenvalue weighted by atomic mass is 16.3. The van der Waals surface area contributed by atoms with E-state index in [9.17, 15) is 0 Å². The molecule has 0 radical (unpaired) electrons. The highest BCUT2D eigenvalue weighted by Crippen LogP contribution is 2.19. The summed E-state index contributed by atoms with van der Waals surface area (Å²) in [5, 5.41) is 4.12. The van der Waals surface area contributed by atoms with Crippen LogP contribution in [-0.4, -0.2) is 9.78 Å². The predicted molar refractivity (Wildman–Crippen MR) is 49.2 cm³/mol. The monoisotopic (exact) mass is 177 g/mol. The van der Waals surface area contributed by atoms with Gasteiger partial charge in [0.2, 0.25) is 0 Å². The summed E-state index contributed by atoms with van der Waals surface area (Å²) < 4.78 is 6.75. The van der Waals surface area contributed by atoms with Crippen LogP contribution in [0.5, 0.6) is 0 Å². The van der Waals surface area contributed by atoms with E-state index in [1.54, 1.807) is 29.5 Å². The van der Waals surface area contributed by atoms with Crippen molar-refractivity contribution < 1.29 is 4.42 Å². The van der Waals surface area contributed by atoms with E-state index in [0.29, 0.717) is 5.82 Å². The molecule has 2 aromatic heterocycles. The average molecular weight is 177 g/mol. The van der Waals surface area contributed by atoms with Crippen molar-refractivity contribution in [3.8, 4) is 0 Å². The summed E-state index contributed by atoms with van der Waals surface area (Å²) in [5.41, 5.74) is 6.78. The first-order valence-corrected chi connectivity index (χ1v) is 4.10. The Morgan fingerprint density at radius 2 is 2.38 bits per heavy atom. The van der Waals surface area contributed by atoms with Gasteiger partial charge in [-0.2, -0.15) is 5.10 Å². The van der Waals surface area contributed by atoms with Crippen LogP contribution in [0, 0.1) is 0 Å². The fraction of sp³-hybridized carbons (Fsp3) is 0.222. The molecular formula is C9H11N3O. The lowest BCUT2D eigenvalue weighted by Gasteiger charge is -2.11. The van der Waals surface area contributed by atoms with E-state index in [4.69, 9.17) is 10.2 Å². The third kappa shape index (κ3) is 1.30. The van der Waals surface area contributed by atoms with Crippen LogP contribution in [-0.2, 0) is 0 Å². The van der Waals surface area contributed by atoms with Crippen LogP contribution in [0.25, 0.3) is 0 Å². The summed E-state index contributed by atoms with van der Waals surface area (Å²) in [6.45, 7) is 2.02. The molecule has 1 unspecified atom stereocenters. The molecule has 2 rings (SSSR count). The Morgan fingerprint density at radius 3 is 2.92 bits per heavy atom. The van der Waals surface area contributed by atoms with E-state index < -0.39 is 0 Å². The van der Waals surface area contributed by atoms with E-state index in [2.05, 4.69) is 5.10 Å². The smallest absolute Gasteiger partial charge is 0.122 e. The molecule has 0 spiro atoms. The van der Waals surface area contributed by atoms with Crippen molar-refractivity contribution in [2.45, 2.75) is 13.0 Å². The molecule has 0 bridgehead atoms. The van der Waals surface area contributed by atoms with Gasteiger partial charge in [-0.3, -0.25) is 0 Å². The molecule has 0 amide bonds. The third-order valence-corrected chi connectivity index (χ3v) is 2.09. The van der Waals surface area contributed by atoms with Gasteiger partial charge in [0.1, 0.15) is 5.82 Å². The maximum Gasteiger partial charge on any atom is 0.122 e. The van der Waals surface area contributed by atoms with Gasteiger partial charge in [0, 0.05) is 5.56 Å². The molecule has 68 valence electrons. The second-order valence-corrected chi connectivity index (χ2v) is 2.93. The summed E-state index contributed by atoms with van der Waals surface area (Å²) in [4.78, 5) is 0. The van der Waals surface area contributed by atoms with Gasteiger partial charge >= 0.3 is 0 Å². The molecule has 0 aliphatic rings. The van der Waals surface area contributed by atoms with Gasteiger partial charge in [-0.1, -0.05) is 0 Å². The number of hydrogen-bond acceptors (Lipinski definition) is 3. The molecule has 0 saturated heterocycles. The molecule has 0 fully saturated rings. The zero-order valence-corrected chi connectivity index (χ0v) is 7.34. The van der Waals surface area contributed by atoms with E-state index >= 15 is 0 Å². The van der Waals surface area contributed by atoms with E-state index in [1.807, 2.05) is 13.0 Å². The number of nitrogens with zero attached hydrogens (tertiary/aromatic N) is 2. The SMILES string of the molecule is CC(c1ccoc1)n1nccc1N. The number of aromatic nitrogens is 2. The molecule has 4 heteroatoms. The number of furan rings is 1. The second-order valence-electron chi connectivity index (χ2n) is 2.93. The first-order chi connectivity index (χ1) is 6.29. The molecule has 4 nitrogen and oxygen atoms in total. The second kappa shape index (κ2) is 2.97. The van der Waals surface area contributed by atoms with Crippen molar-refractivity contribution in [2.75, 3.05) is 5.73 Å². The maximum atomic E-state index is 5.72. The molecule has 0 aliphatic carbocycles. The van der Waals surface area contributed by atoms with Gasteiger partial charge < -0.3 is 10.2 Å². The van der Waals surface area contributed by atoms with Gasteiger partial charge in [-0.25, -0.2) is 4.68 Å². The Morgan fingerprint density at radius 1 is 1.54 bits per heavy atom. The van der Waals surface area contributed by atoms with Crippen molar-refractivity contribution in [3.05, 3.63) is 36.4 Å². The number of nitrogen functional groups attached to an aromatic ring is 1. The number of rotatable bonds is 2. The van der Waals surface area contributed by atoms with Crippen molar-refractivity contribution in [2.24, 2.45) is 0 Å². The van der Waals surface area contributed by atoms with Crippen LogP contribution in [0.2, 0.25) is 0 Å². The lowest BCUT2D eigenvalue weighted by Crippen LogP contribution is -2.10. The number of hydrogen-bond donors (Lipinski definition) is 1. The quantitative estimate of drug-likeness (QED) is 0.759. The van der Waals surface area contributed by atoms with Gasteiger partial charge in [-0.15, -0.1) is 0 Å². The first kappa shape index (κ1) is 7.91. The van der Waals surface area contributed by atoms with Gasteiger partial charge in [0.05, 0.1) is 24.8 Å². The van der Waals surface area contributed by atoms with Crippen LogP contribution in [0.4, 0.5) is 5.82 Å². The van der Waals surface area contributed by atoms with Gasteiger partial charge in [0.25, 0.3) is 0 Å². The van der Waals surface area contributed by atoms with Crippen molar-refractivity contribution in [1.82, 2.24) is 9.78 Å². The Kier molecular flexibility index (Phi) is 1.81. The Bertz CT molecular complexity index is 377. The molecule has 0 saturated carbocycles. The number of anilines is 1. The lowest BCUT2D eigenvalue weighted by molar-refractivity contribution is 0.537. The molecule has 2 N–H and O–H groups in total. The zero-order chi connectivity index (χ0) is 9.26. The molecule has 1 atom stereocenters. The largest absolute Gasteiger partial charge is 0.472 e. The highest BCUT2D eigenvalue weighted by Gasteiger charge is 2.11. The molecule has 2 heterocycles. The summed E-state index contributed by atoms with van der Waals surface area (Å²) in [6.07, 6.45) is 5.03. The normalized spacial score (nSPS) is 13.0. The number of nitrogens with two attached hydrogens (primary N) is 1. The summed E-state index contributed by atoms with van der Waals surface area (Å²) in [6, 6.07) is 3.80. The average Bonchev–Trinajstić information content (AvgIpc) is 2.72. The van der Waals surface area contributed by atoms with Crippen molar-refractivity contribution in [3.63, 3.8) is 0 Å².